The fourth-order valence-corrected chi connectivity index (χ4v) is 4.05. The first kappa shape index (κ1) is 18.6. The zero-order valence-corrected chi connectivity index (χ0v) is 15.6. The van der Waals surface area contributed by atoms with Crippen LogP contribution in [0.5, 0.6) is 0 Å². The van der Waals surface area contributed by atoms with Gasteiger partial charge in [0.15, 0.2) is 0 Å². The molecule has 26 heavy (non-hydrogen) atoms. The molecule has 7 heteroatoms. The average Bonchev–Trinajstić information content (AvgIpc) is 2.68. The highest BCUT2D eigenvalue weighted by molar-refractivity contribution is 5.70. The first-order valence-electron chi connectivity index (χ1n) is 9.88. The van der Waals surface area contributed by atoms with E-state index in [0.29, 0.717) is 24.2 Å². The molecule has 1 fully saturated rings. The van der Waals surface area contributed by atoms with E-state index in [-0.39, 0.29) is 10.6 Å². The number of hydrogen-bond donors (Lipinski definition) is 1. The van der Waals surface area contributed by atoms with Crippen molar-refractivity contribution in [3.63, 3.8) is 0 Å². The molecule has 1 aromatic heterocycles. The molecule has 1 aliphatic heterocycles. The minimum atomic E-state index is -0.334. The largest absolute Gasteiger partial charge is 0.364 e. The Balaban J connectivity index is 1.77. The van der Waals surface area contributed by atoms with E-state index in [9.17, 15) is 10.1 Å². The number of nitrogens with one attached hydrogen (secondary N) is 1. The maximum Gasteiger partial charge on any atom is 0.353 e. The molecule has 0 spiro atoms. The molecule has 0 saturated carbocycles. The zero-order valence-electron chi connectivity index (χ0n) is 15.6. The Morgan fingerprint density at radius 3 is 2.92 bits per heavy atom. The SMILES string of the molecule is CCC1CCCCN1c1ncnc(NCCC2=CCCCC2)c1[N+](=O)[O-]. The number of nitrogens with zero attached hydrogens (tertiary/aromatic N) is 4. The summed E-state index contributed by atoms with van der Waals surface area (Å²) in [4.78, 5) is 22.0. The Kier molecular flexibility index (Phi) is 6.41. The van der Waals surface area contributed by atoms with Crippen molar-refractivity contribution in [3.05, 3.63) is 28.1 Å². The number of allylic oxidation sites excluding steroid dienone is 1. The molecule has 0 aromatic carbocycles. The Bertz CT molecular complexity index is 661. The highest BCUT2D eigenvalue weighted by Gasteiger charge is 2.31. The summed E-state index contributed by atoms with van der Waals surface area (Å²) in [5.41, 5.74) is 1.47. The molecule has 2 heterocycles. The van der Waals surface area contributed by atoms with Gasteiger partial charge in [-0.05, 0) is 57.8 Å². The molecule has 0 radical (unpaired) electrons. The smallest absolute Gasteiger partial charge is 0.353 e. The van der Waals surface area contributed by atoms with Gasteiger partial charge in [-0.15, -0.1) is 0 Å². The van der Waals surface area contributed by atoms with Crippen LogP contribution in [0.3, 0.4) is 0 Å². The van der Waals surface area contributed by atoms with E-state index in [0.717, 1.165) is 45.1 Å². The van der Waals surface area contributed by atoms with Gasteiger partial charge < -0.3 is 10.2 Å². The molecule has 0 bridgehead atoms. The van der Waals surface area contributed by atoms with Crippen LogP contribution >= 0.6 is 0 Å². The average molecular weight is 359 g/mol. The predicted octanol–water partition coefficient (Wildman–Crippen LogP) is 4.46. The first-order valence-corrected chi connectivity index (χ1v) is 9.88. The minimum Gasteiger partial charge on any atom is -0.364 e. The summed E-state index contributed by atoms with van der Waals surface area (Å²) in [7, 11) is 0. The Morgan fingerprint density at radius 1 is 1.31 bits per heavy atom. The van der Waals surface area contributed by atoms with Gasteiger partial charge in [0.05, 0.1) is 4.92 Å². The van der Waals surface area contributed by atoms with Crippen molar-refractivity contribution in [1.82, 2.24) is 9.97 Å². The minimum absolute atomic E-state index is 0.0190. The second kappa shape index (κ2) is 8.96. The number of rotatable bonds is 7. The van der Waals surface area contributed by atoms with Crippen LogP contribution in [0.15, 0.2) is 18.0 Å². The Morgan fingerprint density at radius 2 is 2.19 bits per heavy atom. The van der Waals surface area contributed by atoms with Gasteiger partial charge in [-0.3, -0.25) is 10.1 Å². The summed E-state index contributed by atoms with van der Waals surface area (Å²) < 4.78 is 0. The monoisotopic (exact) mass is 359 g/mol. The normalized spacial score (nSPS) is 20.6. The summed E-state index contributed by atoms with van der Waals surface area (Å²) in [6, 6.07) is 0.317. The van der Waals surface area contributed by atoms with Crippen molar-refractivity contribution in [3.8, 4) is 0 Å². The third kappa shape index (κ3) is 4.31. The van der Waals surface area contributed by atoms with E-state index in [4.69, 9.17) is 0 Å². The lowest BCUT2D eigenvalue weighted by Gasteiger charge is -2.35. The number of aromatic nitrogens is 2. The van der Waals surface area contributed by atoms with Gasteiger partial charge in [-0.1, -0.05) is 18.6 Å². The van der Waals surface area contributed by atoms with Gasteiger partial charge in [0.2, 0.25) is 11.6 Å². The number of hydrogen-bond acceptors (Lipinski definition) is 6. The topological polar surface area (TPSA) is 84.2 Å². The molecule has 2 aliphatic rings. The summed E-state index contributed by atoms with van der Waals surface area (Å²) in [5, 5.41) is 15.0. The fourth-order valence-electron chi connectivity index (χ4n) is 4.05. The molecular weight excluding hydrogens is 330 g/mol. The molecular formula is C19H29N5O2. The van der Waals surface area contributed by atoms with Crippen LogP contribution in [-0.4, -0.2) is 34.0 Å². The highest BCUT2D eigenvalue weighted by atomic mass is 16.6. The lowest BCUT2D eigenvalue weighted by molar-refractivity contribution is -0.383. The van der Waals surface area contributed by atoms with Gasteiger partial charge in [0.1, 0.15) is 6.33 Å². The second-order valence-corrected chi connectivity index (χ2v) is 7.19. The van der Waals surface area contributed by atoms with Crippen molar-refractivity contribution in [2.75, 3.05) is 23.3 Å². The van der Waals surface area contributed by atoms with E-state index < -0.39 is 0 Å². The summed E-state index contributed by atoms with van der Waals surface area (Å²) in [5.74, 6) is 0.813. The number of piperidine rings is 1. The van der Waals surface area contributed by atoms with E-state index in [2.05, 4.69) is 33.2 Å². The van der Waals surface area contributed by atoms with Crippen LogP contribution in [-0.2, 0) is 0 Å². The predicted molar refractivity (Wildman–Crippen MR) is 104 cm³/mol. The molecule has 1 saturated heterocycles. The maximum absolute atomic E-state index is 11.8. The molecule has 1 atom stereocenters. The summed E-state index contributed by atoms with van der Waals surface area (Å²) in [6.45, 7) is 3.62. The van der Waals surface area contributed by atoms with Crippen molar-refractivity contribution in [1.29, 1.82) is 0 Å². The van der Waals surface area contributed by atoms with Crippen LogP contribution in [0.2, 0.25) is 0 Å². The van der Waals surface area contributed by atoms with Crippen LogP contribution in [0.25, 0.3) is 0 Å². The standard InChI is InChI=1S/C19H29N5O2/c1-2-16-10-6-7-13-23(16)19-17(24(25)26)18(21-14-22-19)20-12-11-15-8-4-3-5-9-15/h8,14,16H,2-7,9-13H2,1H3,(H,20,21,22). The molecule has 1 unspecified atom stereocenters. The van der Waals surface area contributed by atoms with Gasteiger partial charge in [-0.2, -0.15) is 0 Å². The summed E-state index contributed by atoms with van der Waals surface area (Å²) in [6.07, 6.45) is 13.7. The highest BCUT2D eigenvalue weighted by Crippen LogP contribution is 2.36. The molecule has 1 aliphatic carbocycles. The molecule has 1 N–H and O–H groups in total. The lowest BCUT2D eigenvalue weighted by atomic mass is 9.97. The third-order valence-electron chi connectivity index (χ3n) is 5.48. The summed E-state index contributed by atoms with van der Waals surface area (Å²) >= 11 is 0. The van der Waals surface area contributed by atoms with E-state index >= 15 is 0 Å². The zero-order chi connectivity index (χ0) is 18.4. The van der Waals surface area contributed by atoms with Crippen molar-refractivity contribution in [2.45, 2.75) is 70.8 Å². The van der Waals surface area contributed by atoms with Crippen LogP contribution < -0.4 is 10.2 Å². The van der Waals surface area contributed by atoms with E-state index in [1.807, 2.05) is 0 Å². The van der Waals surface area contributed by atoms with Gasteiger partial charge in [0.25, 0.3) is 0 Å². The fraction of sp³-hybridized carbons (Fsp3) is 0.684. The molecule has 7 nitrogen and oxygen atoms in total. The Labute approximate surface area is 155 Å². The second-order valence-electron chi connectivity index (χ2n) is 7.19. The number of nitro groups is 1. The van der Waals surface area contributed by atoms with Crippen molar-refractivity contribution >= 4 is 17.3 Å². The van der Waals surface area contributed by atoms with Gasteiger partial charge >= 0.3 is 5.69 Å². The van der Waals surface area contributed by atoms with Crippen molar-refractivity contribution in [2.24, 2.45) is 0 Å². The van der Waals surface area contributed by atoms with E-state index in [1.54, 1.807) is 0 Å². The Hall–Kier alpha value is -2.18. The first-order chi connectivity index (χ1) is 12.7. The molecule has 142 valence electrons. The van der Waals surface area contributed by atoms with Crippen LogP contribution in [0, 0.1) is 10.1 Å². The molecule has 3 rings (SSSR count). The maximum atomic E-state index is 11.8. The van der Waals surface area contributed by atoms with Crippen LogP contribution in [0.4, 0.5) is 17.3 Å². The molecule has 1 aromatic rings. The molecule has 0 amide bonds. The lowest BCUT2D eigenvalue weighted by Crippen LogP contribution is -2.40. The quantitative estimate of drug-likeness (QED) is 0.440. The third-order valence-corrected chi connectivity index (χ3v) is 5.48. The van der Waals surface area contributed by atoms with E-state index in [1.165, 1.54) is 31.2 Å². The van der Waals surface area contributed by atoms with Crippen LogP contribution in [0.1, 0.15) is 64.7 Å². The van der Waals surface area contributed by atoms with Crippen molar-refractivity contribution < 1.29 is 4.92 Å². The van der Waals surface area contributed by atoms with Gasteiger partial charge in [-0.25, -0.2) is 9.97 Å². The number of anilines is 2. The van der Waals surface area contributed by atoms with Gasteiger partial charge in [0, 0.05) is 19.1 Å².